The monoisotopic (exact) mass is 261 g/mol. The molecule has 1 aliphatic heterocycles. The summed E-state index contributed by atoms with van der Waals surface area (Å²) < 4.78 is 12.8. The number of Topliss-reactive ketones (excluding diaryl/α,β-unsaturated/α-hetero) is 1. The van der Waals surface area contributed by atoms with Crippen molar-refractivity contribution in [2.45, 2.75) is 25.7 Å². The van der Waals surface area contributed by atoms with Gasteiger partial charge in [0.1, 0.15) is 5.82 Å². The second-order valence-corrected chi connectivity index (χ2v) is 5.89. The third-order valence-corrected chi connectivity index (χ3v) is 4.62. The molecule has 1 heterocycles. The van der Waals surface area contributed by atoms with Crippen molar-refractivity contribution in [3.63, 3.8) is 0 Å². The van der Waals surface area contributed by atoms with E-state index in [0.717, 1.165) is 18.4 Å². The van der Waals surface area contributed by atoms with Crippen molar-refractivity contribution in [2.24, 2.45) is 11.8 Å². The Morgan fingerprint density at radius 1 is 1.16 bits per heavy atom. The second-order valence-electron chi connectivity index (χ2n) is 5.89. The van der Waals surface area contributed by atoms with E-state index in [-0.39, 0.29) is 11.6 Å². The zero-order chi connectivity index (χ0) is 13.2. The summed E-state index contributed by atoms with van der Waals surface area (Å²) in [6.07, 6.45) is 4.67. The molecule has 2 unspecified atom stereocenters. The normalized spacial score (nSPS) is 26.6. The fraction of sp³-hybridized carbons (Fsp3) is 0.562. The molecular weight excluding hydrogens is 241 g/mol. The first-order valence-corrected chi connectivity index (χ1v) is 7.23. The summed E-state index contributed by atoms with van der Waals surface area (Å²) in [5, 5.41) is 0. The zero-order valence-corrected chi connectivity index (χ0v) is 11.1. The Morgan fingerprint density at radius 2 is 1.79 bits per heavy atom. The van der Waals surface area contributed by atoms with Gasteiger partial charge in [0, 0.05) is 31.6 Å². The van der Waals surface area contributed by atoms with Gasteiger partial charge in [0.2, 0.25) is 0 Å². The maximum absolute atomic E-state index is 12.8. The van der Waals surface area contributed by atoms with Crippen LogP contribution in [0.5, 0.6) is 0 Å². The largest absolute Gasteiger partial charge is 0.302 e. The molecule has 2 atom stereocenters. The molecule has 3 rings (SSSR count). The van der Waals surface area contributed by atoms with Crippen LogP contribution in [0.2, 0.25) is 0 Å². The summed E-state index contributed by atoms with van der Waals surface area (Å²) in [4.78, 5) is 14.4. The number of fused-ring (bicyclic) bond motifs is 1. The van der Waals surface area contributed by atoms with E-state index >= 15 is 0 Å². The van der Waals surface area contributed by atoms with E-state index in [9.17, 15) is 9.18 Å². The van der Waals surface area contributed by atoms with Gasteiger partial charge in [-0.2, -0.15) is 0 Å². The molecule has 1 saturated heterocycles. The number of ketones is 1. The van der Waals surface area contributed by atoms with Crippen molar-refractivity contribution in [3.05, 3.63) is 35.6 Å². The van der Waals surface area contributed by atoms with Gasteiger partial charge in [0.25, 0.3) is 0 Å². The van der Waals surface area contributed by atoms with E-state index in [2.05, 4.69) is 4.90 Å². The summed E-state index contributed by atoms with van der Waals surface area (Å²) in [6.45, 7) is 3.19. The lowest BCUT2D eigenvalue weighted by molar-refractivity contribution is 0.0967. The Balaban J connectivity index is 1.50. The van der Waals surface area contributed by atoms with Crippen LogP contribution >= 0.6 is 0 Å². The van der Waals surface area contributed by atoms with Crippen LogP contribution in [0.15, 0.2) is 24.3 Å². The number of rotatable bonds is 4. The molecule has 1 aromatic carbocycles. The first-order chi connectivity index (χ1) is 9.22. The number of hydrogen-bond donors (Lipinski definition) is 0. The van der Waals surface area contributed by atoms with Crippen LogP contribution in [0.3, 0.4) is 0 Å². The highest BCUT2D eigenvalue weighted by Crippen LogP contribution is 2.37. The van der Waals surface area contributed by atoms with Crippen LogP contribution in [0.1, 0.15) is 36.0 Å². The Labute approximate surface area is 113 Å². The van der Waals surface area contributed by atoms with Crippen LogP contribution in [-0.2, 0) is 0 Å². The number of benzene rings is 1. The molecule has 102 valence electrons. The van der Waals surface area contributed by atoms with E-state index in [0.29, 0.717) is 12.0 Å². The number of hydrogen-bond acceptors (Lipinski definition) is 2. The maximum Gasteiger partial charge on any atom is 0.164 e. The Morgan fingerprint density at radius 3 is 2.42 bits per heavy atom. The highest BCUT2D eigenvalue weighted by molar-refractivity contribution is 5.96. The Bertz CT molecular complexity index is 444. The molecule has 1 saturated carbocycles. The molecule has 0 N–H and O–H groups in total. The summed E-state index contributed by atoms with van der Waals surface area (Å²) in [5.41, 5.74) is 0.626. The molecule has 0 bridgehead atoms. The first-order valence-electron chi connectivity index (χ1n) is 7.23. The molecule has 0 amide bonds. The zero-order valence-electron chi connectivity index (χ0n) is 11.1. The van der Waals surface area contributed by atoms with Crippen molar-refractivity contribution in [3.8, 4) is 0 Å². The summed E-state index contributed by atoms with van der Waals surface area (Å²) in [5.74, 6) is 1.59. The third kappa shape index (κ3) is 2.86. The smallest absolute Gasteiger partial charge is 0.164 e. The minimum atomic E-state index is -0.288. The number of carbonyl (C=O) groups is 1. The maximum atomic E-state index is 12.8. The van der Waals surface area contributed by atoms with Gasteiger partial charge in [-0.3, -0.25) is 4.79 Å². The predicted molar refractivity (Wildman–Crippen MR) is 72.6 cm³/mol. The molecule has 19 heavy (non-hydrogen) atoms. The van der Waals surface area contributed by atoms with Crippen LogP contribution < -0.4 is 0 Å². The average molecular weight is 261 g/mol. The lowest BCUT2D eigenvalue weighted by Gasteiger charge is -2.15. The van der Waals surface area contributed by atoms with Crippen LogP contribution in [0, 0.1) is 17.7 Å². The lowest BCUT2D eigenvalue weighted by atomic mass is 10.0. The fourth-order valence-corrected chi connectivity index (χ4v) is 3.55. The Kier molecular flexibility index (Phi) is 3.65. The van der Waals surface area contributed by atoms with Crippen LogP contribution in [0.25, 0.3) is 0 Å². The SMILES string of the molecule is O=C(CCN1CC2CCCC2C1)c1ccc(F)cc1. The molecule has 1 aromatic rings. The highest BCUT2D eigenvalue weighted by Gasteiger charge is 2.35. The molecule has 0 radical (unpaired) electrons. The van der Waals surface area contributed by atoms with E-state index < -0.39 is 0 Å². The quantitative estimate of drug-likeness (QED) is 0.776. The van der Waals surface area contributed by atoms with Gasteiger partial charge in [0.15, 0.2) is 5.78 Å². The van der Waals surface area contributed by atoms with Crippen molar-refractivity contribution in [1.82, 2.24) is 4.90 Å². The molecular formula is C16H20FNO. The minimum absolute atomic E-state index is 0.122. The van der Waals surface area contributed by atoms with E-state index in [1.807, 2.05) is 0 Å². The summed E-state index contributed by atoms with van der Waals surface area (Å²) >= 11 is 0. The van der Waals surface area contributed by atoms with E-state index in [4.69, 9.17) is 0 Å². The van der Waals surface area contributed by atoms with Crippen LogP contribution in [-0.4, -0.2) is 30.3 Å². The first kappa shape index (κ1) is 12.8. The third-order valence-electron chi connectivity index (χ3n) is 4.62. The molecule has 0 spiro atoms. The average Bonchev–Trinajstić information content (AvgIpc) is 2.97. The second kappa shape index (κ2) is 5.41. The van der Waals surface area contributed by atoms with Gasteiger partial charge in [0.05, 0.1) is 0 Å². The standard InChI is InChI=1S/C16H20FNO/c17-15-6-4-12(5-7-15)16(19)8-9-18-10-13-2-1-3-14(13)11-18/h4-7,13-14H,1-3,8-11H2. The molecule has 2 aliphatic rings. The van der Waals surface area contributed by atoms with Gasteiger partial charge in [-0.1, -0.05) is 6.42 Å². The number of nitrogens with zero attached hydrogens (tertiary/aromatic N) is 1. The number of carbonyl (C=O) groups excluding carboxylic acids is 1. The topological polar surface area (TPSA) is 20.3 Å². The number of likely N-dealkylation sites (tertiary alicyclic amines) is 1. The lowest BCUT2D eigenvalue weighted by Crippen LogP contribution is -2.24. The van der Waals surface area contributed by atoms with Crippen molar-refractivity contribution in [2.75, 3.05) is 19.6 Å². The molecule has 2 fully saturated rings. The Hall–Kier alpha value is -1.22. The number of halogens is 1. The van der Waals surface area contributed by atoms with E-state index in [1.165, 1.54) is 44.5 Å². The highest BCUT2D eigenvalue weighted by atomic mass is 19.1. The molecule has 2 nitrogen and oxygen atoms in total. The molecule has 3 heteroatoms. The molecule has 0 aromatic heterocycles. The van der Waals surface area contributed by atoms with Crippen molar-refractivity contribution in [1.29, 1.82) is 0 Å². The van der Waals surface area contributed by atoms with Crippen LogP contribution in [0.4, 0.5) is 4.39 Å². The minimum Gasteiger partial charge on any atom is -0.302 e. The van der Waals surface area contributed by atoms with Gasteiger partial charge in [-0.15, -0.1) is 0 Å². The van der Waals surface area contributed by atoms with Gasteiger partial charge >= 0.3 is 0 Å². The van der Waals surface area contributed by atoms with Crippen molar-refractivity contribution >= 4 is 5.78 Å². The predicted octanol–water partition coefficient (Wildman–Crippen LogP) is 3.13. The fourth-order valence-electron chi connectivity index (χ4n) is 3.55. The summed E-state index contributed by atoms with van der Waals surface area (Å²) in [6, 6.07) is 5.87. The van der Waals surface area contributed by atoms with E-state index in [1.54, 1.807) is 12.1 Å². The van der Waals surface area contributed by atoms with Gasteiger partial charge in [-0.25, -0.2) is 4.39 Å². The molecule has 1 aliphatic carbocycles. The van der Waals surface area contributed by atoms with Gasteiger partial charge in [-0.05, 0) is 48.9 Å². The summed E-state index contributed by atoms with van der Waals surface area (Å²) in [7, 11) is 0. The van der Waals surface area contributed by atoms with Gasteiger partial charge < -0.3 is 4.90 Å². The van der Waals surface area contributed by atoms with Crippen molar-refractivity contribution < 1.29 is 9.18 Å².